The zero-order chi connectivity index (χ0) is 25.7. The molecule has 1 aliphatic heterocycles. The molecule has 1 N–H and O–H groups in total. The SMILES string of the molecule is COc1cnc(=O)[nH]c1-c1nc2c(n1C(C)C)C(c1ccc(Cl)cc1)N(c1cccc(Cl)c1F)C2=O. The molecule has 0 saturated carbocycles. The number of hydrogen-bond acceptors (Lipinski definition) is 5. The number of aromatic nitrogens is 4. The lowest BCUT2D eigenvalue weighted by Crippen LogP contribution is -2.31. The second kappa shape index (κ2) is 9.07. The van der Waals surface area contributed by atoms with E-state index in [-0.39, 0.29) is 33.9 Å². The van der Waals surface area contributed by atoms with Crippen molar-refractivity contribution in [2.45, 2.75) is 25.9 Å². The summed E-state index contributed by atoms with van der Waals surface area (Å²) >= 11 is 12.2. The van der Waals surface area contributed by atoms with Crippen LogP contribution in [0.1, 0.15) is 47.7 Å². The third-order valence-corrected chi connectivity index (χ3v) is 6.54. The van der Waals surface area contributed by atoms with Crippen LogP contribution in [-0.2, 0) is 0 Å². The summed E-state index contributed by atoms with van der Waals surface area (Å²) in [6.45, 7) is 3.84. The van der Waals surface area contributed by atoms with Crippen LogP contribution in [0.5, 0.6) is 5.75 Å². The molecule has 0 spiro atoms. The van der Waals surface area contributed by atoms with Crippen LogP contribution in [0, 0.1) is 5.82 Å². The summed E-state index contributed by atoms with van der Waals surface area (Å²) in [4.78, 5) is 38.3. The number of ether oxygens (including phenoxy) is 1. The summed E-state index contributed by atoms with van der Waals surface area (Å²) in [7, 11) is 1.44. The molecular weight excluding hydrogens is 508 g/mol. The molecule has 11 heteroatoms. The molecule has 1 unspecified atom stereocenters. The summed E-state index contributed by atoms with van der Waals surface area (Å²) in [5.74, 6) is -0.617. The summed E-state index contributed by atoms with van der Waals surface area (Å²) in [5.41, 5.74) is 1.06. The second-order valence-corrected chi connectivity index (χ2v) is 9.31. The number of methoxy groups -OCH3 is 1. The van der Waals surface area contributed by atoms with E-state index in [0.29, 0.717) is 22.1 Å². The highest BCUT2D eigenvalue weighted by Crippen LogP contribution is 2.46. The van der Waals surface area contributed by atoms with E-state index in [0.717, 1.165) is 0 Å². The molecule has 8 nitrogen and oxygen atoms in total. The third kappa shape index (κ3) is 3.75. The van der Waals surface area contributed by atoms with E-state index in [9.17, 15) is 9.59 Å². The Morgan fingerprint density at radius 2 is 1.83 bits per heavy atom. The van der Waals surface area contributed by atoms with Gasteiger partial charge in [0.15, 0.2) is 23.1 Å². The van der Waals surface area contributed by atoms with Gasteiger partial charge >= 0.3 is 5.69 Å². The van der Waals surface area contributed by atoms with Crippen molar-refractivity contribution in [2.24, 2.45) is 0 Å². The predicted octanol–water partition coefficient (Wildman–Crippen LogP) is 5.42. The minimum absolute atomic E-state index is 0.0252. The van der Waals surface area contributed by atoms with Crippen LogP contribution in [0.25, 0.3) is 11.5 Å². The van der Waals surface area contributed by atoms with E-state index in [2.05, 4.69) is 15.0 Å². The van der Waals surface area contributed by atoms with Crippen molar-refractivity contribution in [1.82, 2.24) is 19.5 Å². The Bertz CT molecular complexity index is 1550. The minimum atomic E-state index is -0.749. The molecular formula is C25H20Cl2FN5O3. The Kier molecular flexibility index (Phi) is 6.05. The molecule has 0 saturated heterocycles. The number of fused-ring (bicyclic) bond motifs is 1. The van der Waals surface area contributed by atoms with Crippen molar-refractivity contribution in [3.8, 4) is 17.3 Å². The maximum Gasteiger partial charge on any atom is 0.345 e. The standard InChI is InChI=1S/C25H20Cl2FN5O3/c1-12(2)32-22-20(30-23(32)19-17(36-3)11-29-25(35)31-19)24(34)33(16-6-4-5-15(27)18(16)28)21(22)13-7-9-14(26)10-8-13/h4-12,21H,1-3H3,(H,29,31,35). The number of carbonyl (C=O) groups excluding carboxylic acids is 1. The van der Waals surface area contributed by atoms with Gasteiger partial charge in [-0.3, -0.25) is 14.7 Å². The Hall–Kier alpha value is -3.69. The van der Waals surface area contributed by atoms with E-state index >= 15 is 4.39 Å². The normalized spacial score (nSPS) is 15.0. The molecule has 2 aromatic heterocycles. The number of nitrogens with one attached hydrogen (secondary N) is 1. The number of hydrogen-bond donors (Lipinski definition) is 1. The van der Waals surface area contributed by atoms with Crippen LogP contribution in [-0.4, -0.2) is 32.5 Å². The highest BCUT2D eigenvalue weighted by molar-refractivity contribution is 6.31. The van der Waals surface area contributed by atoms with Crippen molar-refractivity contribution < 1.29 is 13.9 Å². The van der Waals surface area contributed by atoms with E-state index < -0.39 is 23.5 Å². The fourth-order valence-corrected chi connectivity index (χ4v) is 4.79. The van der Waals surface area contributed by atoms with E-state index in [1.54, 1.807) is 30.3 Å². The van der Waals surface area contributed by atoms with Crippen molar-refractivity contribution >= 4 is 34.8 Å². The fraction of sp³-hybridized carbons (Fsp3) is 0.200. The van der Waals surface area contributed by atoms with Gasteiger partial charge in [0.2, 0.25) is 0 Å². The summed E-state index contributed by atoms with van der Waals surface area (Å²) in [6.07, 6.45) is 1.30. The third-order valence-electron chi connectivity index (χ3n) is 6.00. The predicted molar refractivity (Wildman–Crippen MR) is 135 cm³/mol. The first kappa shape index (κ1) is 24.0. The maximum absolute atomic E-state index is 15.2. The Labute approximate surface area is 215 Å². The molecule has 0 radical (unpaired) electrons. The molecule has 1 amide bonds. The zero-order valence-electron chi connectivity index (χ0n) is 19.4. The van der Waals surface area contributed by atoms with Crippen molar-refractivity contribution in [2.75, 3.05) is 12.0 Å². The number of imidazole rings is 1. The van der Waals surface area contributed by atoms with Gasteiger partial charge in [-0.25, -0.2) is 14.2 Å². The highest BCUT2D eigenvalue weighted by atomic mass is 35.5. The van der Waals surface area contributed by atoms with Crippen LogP contribution in [0.2, 0.25) is 10.0 Å². The fourth-order valence-electron chi connectivity index (χ4n) is 4.50. The first-order valence-corrected chi connectivity index (χ1v) is 11.8. The number of benzene rings is 2. The van der Waals surface area contributed by atoms with Gasteiger partial charge in [0.1, 0.15) is 11.7 Å². The minimum Gasteiger partial charge on any atom is -0.493 e. The molecule has 1 atom stereocenters. The molecule has 0 bridgehead atoms. The Balaban J connectivity index is 1.82. The van der Waals surface area contributed by atoms with Gasteiger partial charge in [-0.1, -0.05) is 41.4 Å². The van der Waals surface area contributed by atoms with Crippen LogP contribution in [0.15, 0.2) is 53.5 Å². The van der Waals surface area contributed by atoms with E-state index in [4.69, 9.17) is 27.9 Å². The Morgan fingerprint density at radius 1 is 1.11 bits per heavy atom. The molecule has 184 valence electrons. The number of anilines is 1. The average Bonchev–Trinajstić information content (AvgIpc) is 3.37. The average molecular weight is 528 g/mol. The topological polar surface area (TPSA) is 93.1 Å². The van der Waals surface area contributed by atoms with Crippen LogP contribution >= 0.6 is 23.2 Å². The number of nitrogens with zero attached hydrogens (tertiary/aromatic N) is 4. The number of H-pyrrole nitrogens is 1. The number of halogens is 3. The molecule has 0 fully saturated rings. The van der Waals surface area contributed by atoms with Gasteiger partial charge in [-0.2, -0.15) is 4.98 Å². The largest absolute Gasteiger partial charge is 0.493 e. The lowest BCUT2D eigenvalue weighted by molar-refractivity contribution is 0.0988. The van der Waals surface area contributed by atoms with Gasteiger partial charge in [0.25, 0.3) is 5.91 Å². The lowest BCUT2D eigenvalue weighted by atomic mass is 10.0. The second-order valence-electron chi connectivity index (χ2n) is 8.47. The number of amides is 1. The quantitative estimate of drug-likeness (QED) is 0.374. The molecule has 5 rings (SSSR count). The molecule has 1 aliphatic rings. The molecule has 36 heavy (non-hydrogen) atoms. The number of rotatable bonds is 5. The lowest BCUT2D eigenvalue weighted by Gasteiger charge is -2.29. The van der Waals surface area contributed by atoms with Crippen LogP contribution in [0.4, 0.5) is 10.1 Å². The highest BCUT2D eigenvalue weighted by Gasteiger charge is 2.46. The zero-order valence-corrected chi connectivity index (χ0v) is 20.9. The van der Waals surface area contributed by atoms with Gasteiger partial charge < -0.3 is 9.30 Å². The van der Waals surface area contributed by atoms with Crippen LogP contribution < -0.4 is 15.3 Å². The Morgan fingerprint density at radius 3 is 2.50 bits per heavy atom. The van der Waals surface area contributed by atoms with Gasteiger partial charge in [-0.15, -0.1) is 0 Å². The van der Waals surface area contributed by atoms with Gasteiger partial charge in [0, 0.05) is 11.1 Å². The monoisotopic (exact) mass is 527 g/mol. The van der Waals surface area contributed by atoms with Gasteiger partial charge in [-0.05, 0) is 43.7 Å². The van der Waals surface area contributed by atoms with Crippen molar-refractivity contribution in [3.05, 3.63) is 92.0 Å². The summed E-state index contributed by atoms with van der Waals surface area (Å²) < 4.78 is 22.5. The maximum atomic E-state index is 15.2. The summed E-state index contributed by atoms with van der Waals surface area (Å²) in [6, 6.07) is 10.5. The van der Waals surface area contributed by atoms with E-state index in [1.165, 1.54) is 30.3 Å². The smallest absolute Gasteiger partial charge is 0.345 e. The van der Waals surface area contributed by atoms with Crippen LogP contribution in [0.3, 0.4) is 0 Å². The van der Waals surface area contributed by atoms with E-state index in [1.807, 2.05) is 18.4 Å². The molecule has 3 heterocycles. The molecule has 4 aromatic rings. The summed E-state index contributed by atoms with van der Waals surface area (Å²) in [5, 5.41) is 0.409. The van der Waals surface area contributed by atoms with Crippen molar-refractivity contribution in [3.63, 3.8) is 0 Å². The first-order valence-electron chi connectivity index (χ1n) is 11.0. The molecule has 0 aliphatic carbocycles. The van der Waals surface area contributed by atoms with Gasteiger partial charge in [0.05, 0.1) is 29.7 Å². The number of carbonyl (C=O) groups is 1. The first-order chi connectivity index (χ1) is 17.2. The van der Waals surface area contributed by atoms with Crippen molar-refractivity contribution in [1.29, 1.82) is 0 Å². The molecule has 2 aromatic carbocycles. The number of aromatic amines is 1.